The first kappa shape index (κ1) is 39.2. The number of hydrogen-bond donors (Lipinski definition) is 6. The summed E-state index contributed by atoms with van der Waals surface area (Å²) < 4.78 is 0. The van der Waals surface area contributed by atoms with Crippen molar-refractivity contribution >= 4 is 41.1 Å². The molecule has 1 fully saturated rings. The Morgan fingerprint density at radius 1 is 0.712 bits per heavy atom. The van der Waals surface area contributed by atoms with Gasteiger partial charge < -0.3 is 32.3 Å². The van der Waals surface area contributed by atoms with Gasteiger partial charge in [-0.3, -0.25) is 38.9 Å². The smallest absolute Gasteiger partial charge is 0.269 e. The molecule has 0 radical (unpaired) electrons. The second-order valence-corrected chi connectivity index (χ2v) is 13.5. The van der Waals surface area contributed by atoms with E-state index in [1.54, 1.807) is 0 Å². The predicted molar refractivity (Wildman–Crippen MR) is 191 cm³/mol. The molecule has 15 heteroatoms. The third-order valence-electron chi connectivity index (χ3n) is 9.35. The molecule has 0 bridgehead atoms. The number of aryl methyl sites for hydroxylation is 1. The fraction of sp³-hybridized carbons (Fsp3) is 0.459. The van der Waals surface area contributed by atoms with Gasteiger partial charge in [-0.05, 0) is 43.2 Å². The van der Waals surface area contributed by atoms with Gasteiger partial charge in [0.25, 0.3) is 5.69 Å². The Hall–Kier alpha value is -5.60. The van der Waals surface area contributed by atoms with Crippen molar-refractivity contribution < 1.29 is 33.7 Å². The second-order valence-electron chi connectivity index (χ2n) is 13.5. The first-order valence-corrected chi connectivity index (χ1v) is 17.6. The summed E-state index contributed by atoms with van der Waals surface area (Å²) in [4.78, 5) is 90.1. The number of primary amides is 1. The first-order valence-electron chi connectivity index (χ1n) is 17.6. The molecule has 0 aromatic heterocycles. The molecule has 4 atom stereocenters. The van der Waals surface area contributed by atoms with Crippen molar-refractivity contribution in [2.75, 3.05) is 6.54 Å². The molecule has 2 aliphatic rings. The number of benzene rings is 2. The number of hydrogen-bond acceptors (Lipinski definition) is 8. The predicted octanol–water partition coefficient (Wildman–Crippen LogP) is 1.55. The van der Waals surface area contributed by atoms with Gasteiger partial charge in [-0.2, -0.15) is 0 Å². The Bertz CT molecular complexity index is 1640. The molecule has 6 amide bonds. The number of nitrogens with two attached hydrogens (primary N) is 1. The van der Waals surface area contributed by atoms with E-state index in [2.05, 4.69) is 26.6 Å². The van der Waals surface area contributed by atoms with Crippen molar-refractivity contribution in [3.05, 3.63) is 87.5 Å². The summed E-state index contributed by atoms with van der Waals surface area (Å²) in [6.45, 7) is 1.97. The van der Waals surface area contributed by atoms with E-state index in [4.69, 9.17) is 5.73 Å². The highest BCUT2D eigenvalue weighted by Crippen LogP contribution is 2.27. The zero-order chi connectivity index (χ0) is 37.6. The maximum Gasteiger partial charge on any atom is 0.269 e. The lowest BCUT2D eigenvalue weighted by Gasteiger charge is -2.28. The maximum absolute atomic E-state index is 14.1. The van der Waals surface area contributed by atoms with Crippen LogP contribution < -0.4 is 32.3 Å². The van der Waals surface area contributed by atoms with E-state index in [9.17, 15) is 38.9 Å². The standard InChI is InChI=1S/C37H47N7O8/c1-23-9-11-25(12-10-23)22-31-37(50)42-29(21-26-13-15-27(16-14-26)44(51)52)35(48)39-19-5-8-28(34(38)47)40-32(45)17-18-33(46)41-30(36(49)43-31)20-24-6-3-2-4-7-24/h9-18,24,28-31H,2-8,19-22H2,1H3,(H2,38,47)(H,39,48)(H,40,45)(H,41,46)(H,42,50)(H,43,49)/b18-17+/t28-,29-,30-,31-/m0/s1. The number of nitrogens with zero attached hydrogens (tertiary/aromatic N) is 1. The highest BCUT2D eigenvalue weighted by Gasteiger charge is 2.32. The van der Waals surface area contributed by atoms with E-state index in [0.29, 0.717) is 12.0 Å². The van der Waals surface area contributed by atoms with E-state index in [1.165, 1.54) is 24.3 Å². The summed E-state index contributed by atoms with van der Waals surface area (Å²) >= 11 is 0. The second kappa shape index (κ2) is 19.1. The van der Waals surface area contributed by atoms with Gasteiger partial charge in [0.2, 0.25) is 35.4 Å². The van der Waals surface area contributed by atoms with Crippen molar-refractivity contribution in [1.82, 2.24) is 26.6 Å². The average molecular weight is 718 g/mol. The summed E-state index contributed by atoms with van der Waals surface area (Å²) in [6, 6.07) is 8.53. The SMILES string of the molecule is Cc1ccc(C[C@@H]2NC(=O)[C@H](CC3CCCCC3)NC(=O)/C=C/C(=O)N[C@H](C(N)=O)CCCNC(=O)[C@H](Cc3ccc([N+](=O)[O-])cc3)NC2=O)cc1. The molecular weight excluding hydrogens is 670 g/mol. The molecule has 15 nitrogen and oxygen atoms in total. The van der Waals surface area contributed by atoms with Gasteiger partial charge in [0.15, 0.2) is 0 Å². The molecular formula is C37H47N7O8. The van der Waals surface area contributed by atoms with Crippen LogP contribution in [0.3, 0.4) is 0 Å². The van der Waals surface area contributed by atoms with E-state index in [1.807, 2.05) is 31.2 Å². The fourth-order valence-corrected chi connectivity index (χ4v) is 6.42. The summed E-state index contributed by atoms with van der Waals surface area (Å²) in [7, 11) is 0. The average Bonchev–Trinajstić information content (AvgIpc) is 3.12. The van der Waals surface area contributed by atoms with Crippen LogP contribution in [0.25, 0.3) is 0 Å². The van der Waals surface area contributed by atoms with Crippen molar-refractivity contribution in [3.63, 3.8) is 0 Å². The van der Waals surface area contributed by atoms with E-state index >= 15 is 0 Å². The molecule has 278 valence electrons. The van der Waals surface area contributed by atoms with Crippen LogP contribution in [-0.2, 0) is 41.6 Å². The van der Waals surface area contributed by atoms with Gasteiger partial charge in [-0.1, -0.05) is 74.1 Å². The summed E-state index contributed by atoms with van der Waals surface area (Å²) in [5.41, 5.74) is 7.62. The molecule has 1 aliphatic heterocycles. The largest absolute Gasteiger partial charge is 0.368 e. The zero-order valence-electron chi connectivity index (χ0n) is 29.2. The Morgan fingerprint density at radius 3 is 1.83 bits per heavy atom. The molecule has 1 heterocycles. The van der Waals surface area contributed by atoms with Crippen LogP contribution in [0.4, 0.5) is 5.69 Å². The van der Waals surface area contributed by atoms with E-state index in [-0.39, 0.29) is 43.8 Å². The van der Waals surface area contributed by atoms with Gasteiger partial charge in [0.05, 0.1) is 4.92 Å². The molecule has 0 unspecified atom stereocenters. The molecule has 52 heavy (non-hydrogen) atoms. The summed E-state index contributed by atoms with van der Waals surface area (Å²) in [6.07, 6.45) is 7.37. The third kappa shape index (κ3) is 12.3. The third-order valence-corrected chi connectivity index (χ3v) is 9.35. The number of rotatable bonds is 8. The van der Waals surface area contributed by atoms with Crippen LogP contribution >= 0.6 is 0 Å². The zero-order valence-corrected chi connectivity index (χ0v) is 29.2. The van der Waals surface area contributed by atoms with Crippen LogP contribution in [0.1, 0.15) is 68.1 Å². The van der Waals surface area contributed by atoms with Crippen LogP contribution in [0, 0.1) is 23.0 Å². The Labute approximate surface area is 302 Å². The number of nitrogens with one attached hydrogen (secondary N) is 5. The highest BCUT2D eigenvalue weighted by molar-refractivity contribution is 6.00. The maximum atomic E-state index is 14.1. The summed E-state index contributed by atoms with van der Waals surface area (Å²) in [5.74, 6) is -3.95. The van der Waals surface area contributed by atoms with Crippen LogP contribution in [0.2, 0.25) is 0 Å². The minimum absolute atomic E-state index is 0.0350. The minimum Gasteiger partial charge on any atom is -0.368 e. The number of carbonyl (C=O) groups excluding carboxylic acids is 6. The topological polar surface area (TPSA) is 232 Å². The number of amides is 6. The number of nitro groups is 1. The Kier molecular flexibility index (Phi) is 14.4. The van der Waals surface area contributed by atoms with Crippen molar-refractivity contribution in [1.29, 1.82) is 0 Å². The summed E-state index contributed by atoms with van der Waals surface area (Å²) in [5, 5.41) is 24.7. The van der Waals surface area contributed by atoms with Gasteiger partial charge in [0.1, 0.15) is 24.2 Å². The van der Waals surface area contributed by atoms with Gasteiger partial charge in [0, 0.05) is 43.7 Å². The number of nitro benzene ring substituents is 1. The molecule has 7 N–H and O–H groups in total. The highest BCUT2D eigenvalue weighted by atomic mass is 16.6. The Balaban J connectivity index is 1.67. The van der Waals surface area contributed by atoms with Crippen LogP contribution in [0.5, 0.6) is 0 Å². The van der Waals surface area contributed by atoms with Crippen molar-refractivity contribution in [3.8, 4) is 0 Å². The monoisotopic (exact) mass is 717 g/mol. The number of non-ortho nitro benzene ring substituents is 1. The quantitative estimate of drug-likeness (QED) is 0.173. The molecule has 0 saturated heterocycles. The lowest BCUT2D eigenvalue weighted by molar-refractivity contribution is -0.384. The van der Waals surface area contributed by atoms with E-state index in [0.717, 1.165) is 55.4 Å². The molecule has 0 spiro atoms. The molecule has 1 aliphatic carbocycles. The first-order chi connectivity index (χ1) is 24.9. The molecule has 1 saturated carbocycles. The normalized spacial score (nSPS) is 23.7. The van der Waals surface area contributed by atoms with Crippen LogP contribution in [-0.4, -0.2) is 71.1 Å². The van der Waals surface area contributed by atoms with Gasteiger partial charge in [-0.15, -0.1) is 0 Å². The van der Waals surface area contributed by atoms with Crippen molar-refractivity contribution in [2.24, 2.45) is 11.7 Å². The van der Waals surface area contributed by atoms with Gasteiger partial charge >= 0.3 is 0 Å². The molecule has 4 rings (SSSR count). The molecule has 2 aromatic carbocycles. The van der Waals surface area contributed by atoms with E-state index < -0.39 is 64.5 Å². The fourth-order valence-electron chi connectivity index (χ4n) is 6.42. The lowest BCUT2D eigenvalue weighted by atomic mass is 9.84. The lowest BCUT2D eigenvalue weighted by Crippen LogP contribution is -2.58. The minimum atomic E-state index is -1.16. The van der Waals surface area contributed by atoms with Crippen LogP contribution in [0.15, 0.2) is 60.7 Å². The Morgan fingerprint density at radius 2 is 1.25 bits per heavy atom. The van der Waals surface area contributed by atoms with Gasteiger partial charge in [-0.25, -0.2) is 0 Å². The van der Waals surface area contributed by atoms with Crippen molar-refractivity contribution in [2.45, 2.75) is 95.3 Å². The molecule has 2 aromatic rings. The number of carbonyl (C=O) groups is 6.